The van der Waals surface area contributed by atoms with E-state index in [9.17, 15) is 14.0 Å². The summed E-state index contributed by atoms with van der Waals surface area (Å²) in [5, 5.41) is 3.78. The Morgan fingerprint density at radius 3 is 2.86 bits per heavy atom. The van der Waals surface area contributed by atoms with Crippen molar-refractivity contribution in [3.05, 3.63) is 66.4 Å². The lowest BCUT2D eigenvalue weighted by atomic mass is 10.2. The molecule has 28 heavy (non-hydrogen) atoms. The zero-order valence-electron chi connectivity index (χ0n) is 15.1. The summed E-state index contributed by atoms with van der Waals surface area (Å²) in [6.45, 7) is 0.391. The number of amides is 1. The van der Waals surface area contributed by atoms with Gasteiger partial charge in [0.2, 0.25) is 11.8 Å². The molecule has 0 atom stereocenters. The molecule has 4 aromatic rings. The summed E-state index contributed by atoms with van der Waals surface area (Å²) in [5.74, 6) is 0.0505. The third kappa shape index (κ3) is 3.78. The number of H-pyrrole nitrogens is 1. The Morgan fingerprint density at radius 1 is 1.11 bits per heavy atom. The largest absolute Gasteiger partial charge is 0.356 e. The number of fused-ring (bicyclic) bond motifs is 2. The number of para-hydroxylation sites is 1. The van der Waals surface area contributed by atoms with Gasteiger partial charge in [0.25, 0.3) is 0 Å². The third-order valence-electron chi connectivity index (χ3n) is 4.61. The van der Waals surface area contributed by atoms with Crippen LogP contribution in [0, 0.1) is 5.82 Å². The Balaban J connectivity index is 1.26. The second-order valence-electron chi connectivity index (χ2n) is 6.58. The molecule has 0 unspecified atom stereocenters. The van der Waals surface area contributed by atoms with Crippen LogP contribution in [0.3, 0.4) is 0 Å². The average Bonchev–Trinajstić information content (AvgIpc) is 3.29. The lowest BCUT2D eigenvalue weighted by Crippen LogP contribution is -2.26. The predicted octanol–water partition coefficient (Wildman–Crippen LogP) is 3.44. The minimum absolute atomic E-state index is 0.115. The van der Waals surface area contributed by atoms with Crippen LogP contribution in [0.25, 0.3) is 21.9 Å². The van der Waals surface area contributed by atoms with Gasteiger partial charge in [-0.2, -0.15) is 0 Å². The number of halogens is 1. The van der Waals surface area contributed by atoms with E-state index in [-0.39, 0.29) is 30.5 Å². The summed E-state index contributed by atoms with van der Waals surface area (Å²) in [5.41, 5.74) is 2.16. The molecule has 142 valence electrons. The zero-order chi connectivity index (χ0) is 19.5. The fourth-order valence-electron chi connectivity index (χ4n) is 3.20. The predicted molar refractivity (Wildman–Crippen MR) is 105 cm³/mol. The van der Waals surface area contributed by atoms with Gasteiger partial charge in [-0.25, -0.2) is 9.37 Å². The van der Waals surface area contributed by atoms with Gasteiger partial charge in [0.15, 0.2) is 0 Å². The molecule has 2 aromatic heterocycles. The van der Waals surface area contributed by atoms with Crippen LogP contribution in [0.2, 0.25) is 0 Å². The molecule has 0 aliphatic rings. The number of hydrogen-bond donors (Lipinski definition) is 2. The zero-order valence-corrected chi connectivity index (χ0v) is 15.1. The van der Waals surface area contributed by atoms with Crippen LogP contribution in [0.1, 0.15) is 23.5 Å². The van der Waals surface area contributed by atoms with Gasteiger partial charge in [-0.3, -0.25) is 14.2 Å². The van der Waals surface area contributed by atoms with Gasteiger partial charge in [-0.1, -0.05) is 18.2 Å². The van der Waals surface area contributed by atoms with Gasteiger partial charge in [0.05, 0.1) is 16.6 Å². The van der Waals surface area contributed by atoms with E-state index in [4.69, 9.17) is 0 Å². The van der Waals surface area contributed by atoms with Crippen LogP contribution >= 0.6 is 0 Å². The van der Waals surface area contributed by atoms with Crippen LogP contribution in [0.5, 0.6) is 0 Å². The van der Waals surface area contributed by atoms with Crippen molar-refractivity contribution in [3.63, 3.8) is 0 Å². The van der Waals surface area contributed by atoms with Crippen LogP contribution in [-0.4, -0.2) is 32.9 Å². The van der Waals surface area contributed by atoms with Crippen LogP contribution in [-0.2, 0) is 11.2 Å². The topological polar surface area (TPSA) is 79.8 Å². The van der Waals surface area contributed by atoms with E-state index in [1.165, 1.54) is 12.1 Å². The molecule has 0 saturated carbocycles. The molecule has 0 spiro atoms. The molecule has 2 heterocycles. The molecule has 0 aliphatic heterocycles. The van der Waals surface area contributed by atoms with Gasteiger partial charge in [-0.05, 0) is 30.3 Å². The molecule has 0 radical (unpaired) electrons. The van der Waals surface area contributed by atoms with Crippen molar-refractivity contribution in [1.82, 2.24) is 19.9 Å². The van der Waals surface area contributed by atoms with Gasteiger partial charge in [-0.15, -0.1) is 0 Å². The smallest absolute Gasteiger partial charge is 0.231 e. The average molecular weight is 378 g/mol. The number of imidazole rings is 1. The molecular weight excluding hydrogens is 359 g/mol. The minimum Gasteiger partial charge on any atom is -0.356 e. The van der Waals surface area contributed by atoms with E-state index in [0.717, 1.165) is 10.9 Å². The third-order valence-corrected chi connectivity index (χ3v) is 4.61. The highest BCUT2D eigenvalue weighted by molar-refractivity contribution is 5.93. The lowest BCUT2D eigenvalue weighted by Gasteiger charge is -2.05. The fraction of sp³-hybridized carbons (Fsp3) is 0.190. The molecule has 1 amide bonds. The van der Waals surface area contributed by atoms with Crippen molar-refractivity contribution < 1.29 is 14.0 Å². The monoisotopic (exact) mass is 378 g/mol. The standard InChI is InChI=1S/C21H19FN4O2/c22-15-5-6-16-17(13-15)25-19(24-16)9-11-23-20(27)7-8-21(28)26-12-10-14-3-1-2-4-18(14)26/h1-6,10,12-13H,7-9,11H2,(H,23,27)(H,24,25). The Morgan fingerprint density at radius 2 is 1.96 bits per heavy atom. The number of benzene rings is 2. The minimum atomic E-state index is -0.323. The Hall–Kier alpha value is -3.48. The molecule has 2 N–H and O–H groups in total. The Bertz CT molecular complexity index is 1160. The highest BCUT2D eigenvalue weighted by atomic mass is 19.1. The van der Waals surface area contributed by atoms with Crippen LogP contribution in [0.15, 0.2) is 54.7 Å². The van der Waals surface area contributed by atoms with Crippen molar-refractivity contribution >= 4 is 33.8 Å². The molecule has 6 nitrogen and oxygen atoms in total. The second-order valence-corrected chi connectivity index (χ2v) is 6.58. The van der Waals surface area contributed by atoms with Crippen molar-refractivity contribution in [2.75, 3.05) is 6.54 Å². The number of carbonyl (C=O) groups excluding carboxylic acids is 2. The maximum absolute atomic E-state index is 13.2. The number of aromatic amines is 1. The highest BCUT2D eigenvalue weighted by Gasteiger charge is 2.11. The highest BCUT2D eigenvalue weighted by Crippen LogP contribution is 2.16. The van der Waals surface area contributed by atoms with E-state index in [1.54, 1.807) is 16.8 Å². The van der Waals surface area contributed by atoms with E-state index in [2.05, 4.69) is 15.3 Å². The number of rotatable bonds is 6. The van der Waals surface area contributed by atoms with E-state index in [1.807, 2.05) is 30.3 Å². The number of aromatic nitrogens is 3. The Kier molecular flexibility index (Phi) is 4.89. The normalized spacial score (nSPS) is 11.2. The molecule has 7 heteroatoms. The van der Waals surface area contributed by atoms with Gasteiger partial charge in [0, 0.05) is 37.4 Å². The quantitative estimate of drug-likeness (QED) is 0.539. The first kappa shape index (κ1) is 17.9. The van der Waals surface area contributed by atoms with Gasteiger partial charge in [0.1, 0.15) is 11.6 Å². The van der Waals surface area contributed by atoms with Crippen molar-refractivity contribution in [1.29, 1.82) is 0 Å². The van der Waals surface area contributed by atoms with E-state index >= 15 is 0 Å². The van der Waals surface area contributed by atoms with Crippen LogP contribution in [0.4, 0.5) is 4.39 Å². The molecule has 2 aromatic carbocycles. The molecule has 0 bridgehead atoms. The Labute approximate surface area is 160 Å². The summed E-state index contributed by atoms with van der Waals surface area (Å²) >= 11 is 0. The summed E-state index contributed by atoms with van der Waals surface area (Å²) < 4.78 is 14.8. The SMILES string of the molecule is O=C(CCC(=O)n1ccc2ccccc21)NCCc1nc2ccc(F)cc2[nH]1. The molecule has 0 saturated heterocycles. The number of nitrogens with zero attached hydrogens (tertiary/aromatic N) is 2. The van der Waals surface area contributed by atoms with Crippen molar-refractivity contribution in [3.8, 4) is 0 Å². The van der Waals surface area contributed by atoms with Crippen molar-refractivity contribution in [2.24, 2.45) is 0 Å². The number of nitrogens with one attached hydrogen (secondary N) is 2. The molecular formula is C21H19FN4O2. The first-order chi connectivity index (χ1) is 13.6. The number of hydrogen-bond acceptors (Lipinski definition) is 3. The van der Waals surface area contributed by atoms with Gasteiger partial charge < -0.3 is 10.3 Å². The van der Waals surface area contributed by atoms with Crippen LogP contribution < -0.4 is 5.32 Å². The molecule has 0 fully saturated rings. The fourth-order valence-corrected chi connectivity index (χ4v) is 3.20. The lowest BCUT2D eigenvalue weighted by molar-refractivity contribution is -0.121. The summed E-state index contributed by atoms with van der Waals surface area (Å²) in [6.07, 6.45) is 2.48. The van der Waals surface area contributed by atoms with Gasteiger partial charge >= 0.3 is 0 Å². The molecule has 0 aliphatic carbocycles. The summed E-state index contributed by atoms with van der Waals surface area (Å²) in [4.78, 5) is 31.8. The number of carbonyl (C=O) groups is 2. The summed E-state index contributed by atoms with van der Waals surface area (Å²) in [6, 6.07) is 13.9. The maximum Gasteiger partial charge on any atom is 0.231 e. The second kappa shape index (κ2) is 7.64. The van der Waals surface area contributed by atoms with E-state index in [0.29, 0.717) is 29.8 Å². The maximum atomic E-state index is 13.2. The summed E-state index contributed by atoms with van der Waals surface area (Å²) in [7, 11) is 0. The first-order valence-electron chi connectivity index (χ1n) is 9.10. The van der Waals surface area contributed by atoms with E-state index < -0.39 is 0 Å². The first-order valence-corrected chi connectivity index (χ1v) is 9.10. The molecule has 4 rings (SSSR count). The van der Waals surface area contributed by atoms with Crippen molar-refractivity contribution in [2.45, 2.75) is 19.3 Å².